The van der Waals surface area contributed by atoms with Gasteiger partial charge in [-0.2, -0.15) is 0 Å². The first kappa shape index (κ1) is 16.0. The molecule has 1 heterocycles. The van der Waals surface area contributed by atoms with Crippen LogP contribution in [-0.2, 0) is 11.2 Å². The van der Waals surface area contributed by atoms with Crippen LogP contribution in [0.3, 0.4) is 0 Å². The summed E-state index contributed by atoms with van der Waals surface area (Å²) in [5.41, 5.74) is 3.47. The van der Waals surface area contributed by atoms with E-state index in [0.717, 1.165) is 35.7 Å². The van der Waals surface area contributed by atoms with E-state index < -0.39 is 0 Å². The van der Waals surface area contributed by atoms with Crippen molar-refractivity contribution >= 4 is 23.2 Å². The Labute approximate surface area is 142 Å². The second-order valence-corrected chi connectivity index (χ2v) is 6.25. The quantitative estimate of drug-likeness (QED) is 0.900. The van der Waals surface area contributed by atoms with Gasteiger partial charge in [0.2, 0.25) is 5.91 Å². The van der Waals surface area contributed by atoms with E-state index >= 15 is 0 Å². The molecule has 3 rings (SSSR count). The highest BCUT2D eigenvalue weighted by atomic mass is 35.5. The lowest BCUT2D eigenvalue weighted by Crippen LogP contribution is -2.38. The smallest absolute Gasteiger partial charge is 0.240 e. The Bertz CT molecular complexity index is 684. The van der Waals surface area contributed by atoms with E-state index in [2.05, 4.69) is 18.3 Å². The van der Waals surface area contributed by atoms with E-state index in [9.17, 15) is 4.79 Å². The van der Waals surface area contributed by atoms with E-state index in [4.69, 9.17) is 11.6 Å². The Balaban J connectivity index is 1.63. The van der Waals surface area contributed by atoms with Crippen molar-refractivity contribution in [3.63, 3.8) is 0 Å². The molecular weight excluding hydrogens is 308 g/mol. The summed E-state index contributed by atoms with van der Waals surface area (Å²) in [7, 11) is 0. The first-order valence-electron chi connectivity index (χ1n) is 8.06. The molecule has 1 aliphatic rings. The molecule has 0 radical (unpaired) electrons. The number of fused-ring (bicyclic) bond motifs is 1. The number of nitrogens with zero attached hydrogens (tertiary/aromatic N) is 1. The molecule has 120 valence electrons. The number of para-hydroxylation sites is 1. The standard InChI is InChI=1S/C19H21ClN2O/c1-2-17(14-7-9-16(20)10-8-14)21-13-19(23)22-12-11-15-5-3-4-6-18(15)22/h3-10,17,21H,2,11-13H2,1H3. The van der Waals surface area contributed by atoms with Crippen molar-refractivity contribution in [2.75, 3.05) is 18.0 Å². The maximum atomic E-state index is 12.6. The average molecular weight is 329 g/mol. The predicted molar refractivity (Wildman–Crippen MR) is 95.0 cm³/mol. The SMILES string of the molecule is CCC(NCC(=O)N1CCc2ccccc21)c1ccc(Cl)cc1. The Morgan fingerprint density at radius 2 is 1.96 bits per heavy atom. The fraction of sp³-hybridized carbons (Fsp3) is 0.316. The fourth-order valence-electron chi connectivity index (χ4n) is 3.10. The molecule has 3 nitrogen and oxygen atoms in total. The Morgan fingerprint density at radius 1 is 1.22 bits per heavy atom. The molecule has 2 aromatic carbocycles. The van der Waals surface area contributed by atoms with E-state index in [1.54, 1.807) is 0 Å². The van der Waals surface area contributed by atoms with Crippen molar-refractivity contribution in [3.8, 4) is 0 Å². The van der Waals surface area contributed by atoms with E-state index in [1.807, 2.05) is 47.4 Å². The van der Waals surface area contributed by atoms with Gasteiger partial charge in [-0.25, -0.2) is 0 Å². The lowest BCUT2D eigenvalue weighted by molar-refractivity contribution is -0.117. The number of rotatable bonds is 5. The Hall–Kier alpha value is -1.84. The van der Waals surface area contributed by atoms with Crippen molar-refractivity contribution in [1.82, 2.24) is 5.32 Å². The number of halogens is 1. The molecule has 2 aromatic rings. The fourth-order valence-corrected chi connectivity index (χ4v) is 3.22. The average Bonchev–Trinajstić information content (AvgIpc) is 3.01. The summed E-state index contributed by atoms with van der Waals surface area (Å²) < 4.78 is 0. The number of carbonyl (C=O) groups excluding carboxylic acids is 1. The molecule has 1 atom stereocenters. The third-order valence-corrected chi connectivity index (χ3v) is 4.62. The first-order chi connectivity index (χ1) is 11.2. The van der Waals surface area contributed by atoms with Crippen molar-refractivity contribution in [2.45, 2.75) is 25.8 Å². The largest absolute Gasteiger partial charge is 0.311 e. The zero-order chi connectivity index (χ0) is 16.2. The van der Waals surface area contributed by atoms with Gasteiger partial charge in [-0.05, 0) is 42.2 Å². The molecule has 0 aromatic heterocycles. The molecule has 0 aliphatic carbocycles. The zero-order valence-corrected chi connectivity index (χ0v) is 14.0. The topological polar surface area (TPSA) is 32.3 Å². The van der Waals surface area contributed by atoms with E-state index in [0.29, 0.717) is 6.54 Å². The van der Waals surface area contributed by atoms with Gasteiger partial charge < -0.3 is 10.2 Å². The van der Waals surface area contributed by atoms with Crippen molar-refractivity contribution < 1.29 is 4.79 Å². The van der Waals surface area contributed by atoms with E-state index in [1.165, 1.54) is 5.56 Å². The zero-order valence-electron chi connectivity index (χ0n) is 13.3. The van der Waals surface area contributed by atoms with Crippen LogP contribution in [0.15, 0.2) is 48.5 Å². The summed E-state index contributed by atoms with van der Waals surface area (Å²) >= 11 is 5.94. The van der Waals surface area contributed by atoms with Crippen LogP contribution in [0.2, 0.25) is 5.02 Å². The van der Waals surface area contributed by atoms with Gasteiger partial charge in [-0.3, -0.25) is 4.79 Å². The number of carbonyl (C=O) groups is 1. The van der Waals surface area contributed by atoms with Gasteiger partial charge in [0, 0.05) is 23.3 Å². The van der Waals surface area contributed by atoms with Gasteiger partial charge in [-0.15, -0.1) is 0 Å². The van der Waals surface area contributed by atoms with Crippen molar-refractivity contribution in [2.24, 2.45) is 0 Å². The molecule has 1 unspecified atom stereocenters. The predicted octanol–water partition coefficient (Wildman–Crippen LogP) is 3.97. The molecular formula is C19H21ClN2O. The Morgan fingerprint density at radius 3 is 2.70 bits per heavy atom. The minimum Gasteiger partial charge on any atom is -0.311 e. The molecule has 1 amide bonds. The Kier molecular flexibility index (Phi) is 4.99. The molecule has 1 N–H and O–H groups in total. The second kappa shape index (κ2) is 7.16. The summed E-state index contributed by atoms with van der Waals surface area (Å²) in [6.45, 7) is 3.23. The lowest BCUT2D eigenvalue weighted by Gasteiger charge is -2.21. The summed E-state index contributed by atoms with van der Waals surface area (Å²) in [5, 5.41) is 4.11. The summed E-state index contributed by atoms with van der Waals surface area (Å²) in [6.07, 6.45) is 1.86. The summed E-state index contributed by atoms with van der Waals surface area (Å²) in [4.78, 5) is 14.4. The molecule has 0 fully saturated rings. The molecule has 0 saturated carbocycles. The lowest BCUT2D eigenvalue weighted by atomic mass is 10.0. The number of benzene rings is 2. The normalized spacial score (nSPS) is 14.6. The van der Waals surface area contributed by atoms with Gasteiger partial charge in [0.15, 0.2) is 0 Å². The number of anilines is 1. The van der Waals surface area contributed by atoms with Gasteiger partial charge in [0.25, 0.3) is 0 Å². The van der Waals surface area contributed by atoms with Crippen LogP contribution < -0.4 is 10.2 Å². The van der Waals surface area contributed by atoms with Gasteiger partial charge in [-0.1, -0.05) is 48.9 Å². The van der Waals surface area contributed by atoms with Crippen molar-refractivity contribution in [1.29, 1.82) is 0 Å². The summed E-state index contributed by atoms with van der Waals surface area (Å²) in [5.74, 6) is 0.127. The maximum Gasteiger partial charge on any atom is 0.240 e. The minimum absolute atomic E-state index is 0.127. The molecule has 0 spiro atoms. The van der Waals surface area contributed by atoms with Crippen molar-refractivity contribution in [3.05, 3.63) is 64.7 Å². The molecule has 0 bridgehead atoms. The first-order valence-corrected chi connectivity index (χ1v) is 8.44. The monoisotopic (exact) mass is 328 g/mol. The van der Waals surface area contributed by atoms with Crippen LogP contribution in [0.1, 0.15) is 30.5 Å². The molecule has 0 saturated heterocycles. The van der Waals surface area contributed by atoms with Gasteiger partial charge in [0.1, 0.15) is 0 Å². The van der Waals surface area contributed by atoms with Crippen LogP contribution in [0.25, 0.3) is 0 Å². The van der Waals surface area contributed by atoms with Crippen LogP contribution in [-0.4, -0.2) is 19.0 Å². The number of hydrogen-bond donors (Lipinski definition) is 1. The number of hydrogen-bond acceptors (Lipinski definition) is 2. The third-order valence-electron chi connectivity index (χ3n) is 4.37. The minimum atomic E-state index is 0.127. The van der Waals surface area contributed by atoms with Crippen LogP contribution in [0, 0.1) is 0 Å². The summed E-state index contributed by atoms with van der Waals surface area (Å²) in [6, 6.07) is 16.1. The van der Waals surface area contributed by atoms with Crippen LogP contribution >= 0.6 is 11.6 Å². The van der Waals surface area contributed by atoms with E-state index in [-0.39, 0.29) is 11.9 Å². The van der Waals surface area contributed by atoms with Gasteiger partial charge in [0.05, 0.1) is 6.54 Å². The maximum absolute atomic E-state index is 12.6. The number of nitrogens with one attached hydrogen (secondary N) is 1. The second-order valence-electron chi connectivity index (χ2n) is 5.82. The third kappa shape index (κ3) is 3.57. The van der Waals surface area contributed by atoms with Gasteiger partial charge >= 0.3 is 0 Å². The highest BCUT2D eigenvalue weighted by Gasteiger charge is 2.24. The number of amides is 1. The molecule has 23 heavy (non-hydrogen) atoms. The van der Waals surface area contributed by atoms with Crippen LogP contribution in [0.4, 0.5) is 5.69 Å². The van der Waals surface area contributed by atoms with Crippen LogP contribution in [0.5, 0.6) is 0 Å². The molecule has 1 aliphatic heterocycles. The molecule has 4 heteroatoms. The highest BCUT2D eigenvalue weighted by Crippen LogP contribution is 2.27. The highest BCUT2D eigenvalue weighted by molar-refractivity contribution is 6.30.